The van der Waals surface area contributed by atoms with Gasteiger partial charge in [-0.15, -0.1) is 0 Å². The Morgan fingerprint density at radius 3 is 2.94 bits per heavy atom. The number of thiazole rings is 1. The van der Waals surface area contributed by atoms with Gasteiger partial charge in [0, 0.05) is 24.7 Å². The first-order valence-corrected chi connectivity index (χ1v) is 6.51. The molecule has 6 nitrogen and oxygen atoms in total. The van der Waals surface area contributed by atoms with Gasteiger partial charge in [0.25, 0.3) is 0 Å². The van der Waals surface area contributed by atoms with E-state index < -0.39 is 6.10 Å². The van der Waals surface area contributed by atoms with E-state index in [0.717, 1.165) is 17.0 Å². The number of hydrogen-bond donors (Lipinski definition) is 2. The molecule has 2 N–H and O–H groups in total. The quantitative estimate of drug-likeness (QED) is 0.717. The van der Waals surface area contributed by atoms with E-state index in [-0.39, 0.29) is 23.9 Å². The summed E-state index contributed by atoms with van der Waals surface area (Å²) in [6.45, 7) is 2.42. The fourth-order valence-corrected chi connectivity index (χ4v) is 2.18. The van der Waals surface area contributed by atoms with Gasteiger partial charge in [-0.25, -0.2) is 0 Å². The highest BCUT2D eigenvalue weighted by Crippen LogP contribution is 1.99. The first kappa shape index (κ1) is 14.9. The number of carbonyl (C=O) groups is 1. The molecule has 1 aromatic rings. The maximum atomic E-state index is 11.6. The van der Waals surface area contributed by atoms with Crippen molar-refractivity contribution in [2.75, 3.05) is 20.3 Å². The number of aryl methyl sites for hydroxylation is 1. The average Bonchev–Trinajstić information content (AvgIpc) is 2.61. The minimum atomic E-state index is -0.582. The van der Waals surface area contributed by atoms with Crippen molar-refractivity contribution in [2.24, 2.45) is 0 Å². The number of nitrogens with zero attached hydrogens (tertiary/aromatic N) is 1. The van der Waals surface area contributed by atoms with Crippen LogP contribution in [0, 0.1) is 6.92 Å². The molecular formula is C11H18N2O4S. The number of aliphatic hydroxyl groups is 1. The molecule has 0 aliphatic heterocycles. The fraction of sp³-hybridized carbons (Fsp3) is 0.636. The molecule has 0 aromatic carbocycles. The van der Waals surface area contributed by atoms with Crippen molar-refractivity contribution < 1.29 is 14.6 Å². The number of aromatic nitrogens is 1. The number of amides is 1. The number of aliphatic hydroxyl groups excluding tert-OH is 1. The Morgan fingerprint density at radius 1 is 1.67 bits per heavy atom. The lowest BCUT2D eigenvalue weighted by Gasteiger charge is -2.10. The van der Waals surface area contributed by atoms with Crippen LogP contribution in [0.4, 0.5) is 0 Å². The Kier molecular flexibility index (Phi) is 6.03. The molecule has 1 heterocycles. The van der Waals surface area contributed by atoms with Crippen LogP contribution in [-0.2, 0) is 16.1 Å². The number of methoxy groups -OCH3 is 1. The molecule has 0 spiro atoms. The van der Waals surface area contributed by atoms with Gasteiger partial charge in [-0.2, -0.15) is 0 Å². The van der Waals surface area contributed by atoms with Crippen molar-refractivity contribution in [1.29, 1.82) is 0 Å². The van der Waals surface area contributed by atoms with E-state index in [1.807, 2.05) is 0 Å². The van der Waals surface area contributed by atoms with E-state index in [2.05, 4.69) is 5.32 Å². The molecule has 0 saturated heterocycles. The third-order valence-corrected chi connectivity index (χ3v) is 3.32. The van der Waals surface area contributed by atoms with E-state index in [0.29, 0.717) is 13.0 Å². The lowest BCUT2D eigenvalue weighted by atomic mass is 10.2. The summed E-state index contributed by atoms with van der Waals surface area (Å²) < 4.78 is 6.19. The van der Waals surface area contributed by atoms with Crippen LogP contribution in [0.2, 0.25) is 0 Å². The second-order valence-electron chi connectivity index (χ2n) is 3.98. The van der Waals surface area contributed by atoms with E-state index in [1.54, 1.807) is 12.3 Å². The van der Waals surface area contributed by atoms with Crippen molar-refractivity contribution >= 4 is 17.2 Å². The molecule has 0 fully saturated rings. The number of nitrogens with one attached hydrogen (secondary N) is 1. The molecular weight excluding hydrogens is 256 g/mol. The molecule has 1 unspecified atom stereocenters. The molecule has 0 radical (unpaired) electrons. The van der Waals surface area contributed by atoms with Gasteiger partial charge in [-0.05, 0) is 13.3 Å². The Bertz CT molecular complexity index is 440. The highest BCUT2D eigenvalue weighted by Gasteiger charge is 2.09. The number of carbonyl (C=O) groups excluding carboxylic acids is 1. The zero-order valence-electron chi connectivity index (χ0n) is 10.5. The number of rotatable bonds is 7. The van der Waals surface area contributed by atoms with Gasteiger partial charge in [0.1, 0.15) is 6.54 Å². The third-order valence-electron chi connectivity index (χ3n) is 2.44. The van der Waals surface area contributed by atoms with Gasteiger partial charge in [-0.3, -0.25) is 14.2 Å². The van der Waals surface area contributed by atoms with Gasteiger partial charge >= 0.3 is 4.87 Å². The highest BCUT2D eigenvalue weighted by molar-refractivity contribution is 7.07. The summed E-state index contributed by atoms with van der Waals surface area (Å²) in [7, 11) is 1.51. The summed E-state index contributed by atoms with van der Waals surface area (Å²) in [5, 5.41) is 13.8. The molecule has 0 bridgehead atoms. The van der Waals surface area contributed by atoms with Gasteiger partial charge in [0.2, 0.25) is 5.91 Å². The summed E-state index contributed by atoms with van der Waals surface area (Å²) in [5.74, 6) is -0.233. The van der Waals surface area contributed by atoms with Crippen molar-refractivity contribution in [2.45, 2.75) is 26.0 Å². The smallest absolute Gasteiger partial charge is 0.307 e. The Labute approximate surface area is 109 Å². The van der Waals surface area contributed by atoms with Gasteiger partial charge in [0.05, 0.1) is 12.7 Å². The van der Waals surface area contributed by atoms with Crippen molar-refractivity contribution in [3.05, 3.63) is 20.7 Å². The van der Waals surface area contributed by atoms with Crippen LogP contribution in [0.3, 0.4) is 0 Å². The molecule has 7 heteroatoms. The van der Waals surface area contributed by atoms with Crippen molar-refractivity contribution in [3.8, 4) is 0 Å². The Morgan fingerprint density at radius 2 is 2.39 bits per heavy atom. The molecule has 1 atom stereocenters. The van der Waals surface area contributed by atoms with Gasteiger partial charge < -0.3 is 15.2 Å². The topological polar surface area (TPSA) is 80.6 Å². The minimum Gasteiger partial charge on any atom is -0.391 e. The zero-order chi connectivity index (χ0) is 13.5. The molecule has 0 aliphatic rings. The highest BCUT2D eigenvalue weighted by atomic mass is 32.1. The number of ether oxygens (including phenoxy) is 1. The average molecular weight is 274 g/mol. The molecule has 1 aromatic heterocycles. The lowest BCUT2D eigenvalue weighted by Crippen LogP contribution is -2.33. The minimum absolute atomic E-state index is 0.0224. The lowest BCUT2D eigenvalue weighted by molar-refractivity contribution is -0.121. The predicted molar refractivity (Wildman–Crippen MR) is 68.8 cm³/mol. The van der Waals surface area contributed by atoms with Crippen LogP contribution >= 0.6 is 11.3 Å². The van der Waals surface area contributed by atoms with Crippen LogP contribution in [0.25, 0.3) is 0 Å². The molecule has 18 heavy (non-hydrogen) atoms. The molecule has 102 valence electrons. The molecule has 1 amide bonds. The molecule has 1 rings (SSSR count). The van der Waals surface area contributed by atoms with E-state index in [9.17, 15) is 14.7 Å². The Hall–Kier alpha value is -1.18. The number of hydrogen-bond acceptors (Lipinski definition) is 5. The van der Waals surface area contributed by atoms with E-state index in [1.165, 1.54) is 11.7 Å². The summed E-state index contributed by atoms with van der Waals surface area (Å²) in [6, 6.07) is 0. The normalized spacial score (nSPS) is 12.4. The van der Waals surface area contributed by atoms with E-state index in [4.69, 9.17) is 4.74 Å². The largest absolute Gasteiger partial charge is 0.391 e. The second kappa shape index (κ2) is 7.30. The second-order valence-corrected chi connectivity index (χ2v) is 4.80. The van der Waals surface area contributed by atoms with E-state index >= 15 is 0 Å². The van der Waals surface area contributed by atoms with Crippen LogP contribution < -0.4 is 10.2 Å². The van der Waals surface area contributed by atoms with Crippen LogP contribution in [0.15, 0.2) is 10.2 Å². The monoisotopic (exact) mass is 274 g/mol. The molecule has 0 aliphatic carbocycles. The summed E-state index contributed by atoms with van der Waals surface area (Å²) in [6.07, 6.45) is -0.155. The van der Waals surface area contributed by atoms with Crippen LogP contribution in [0.1, 0.15) is 12.1 Å². The van der Waals surface area contributed by atoms with Crippen LogP contribution in [0.5, 0.6) is 0 Å². The van der Waals surface area contributed by atoms with Crippen molar-refractivity contribution in [3.63, 3.8) is 0 Å². The maximum Gasteiger partial charge on any atom is 0.307 e. The fourth-order valence-electron chi connectivity index (χ4n) is 1.45. The van der Waals surface area contributed by atoms with Crippen LogP contribution in [-0.4, -0.2) is 41.9 Å². The first-order valence-electron chi connectivity index (χ1n) is 5.63. The van der Waals surface area contributed by atoms with Gasteiger partial charge in [0.15, 0.2) is 0 Å². The molecule has 0 saturated carbocycles. The van der Waals surface area contributed by atoms with Crippen molar-refractivity contribution in [1.82, 2.24) is 9.88 Å². The predicted octanol–water partition coefficient (Wildman–Crippen LogP) is -0.268. The summed E-state index contributed by atoms with van der Waals surface area (Å²) in [4.78, 5) is 22.8. The van der Waals surface area contributed by atoms with Gasteiger partial charge in [-0.1, -0.05) is 11.3 Å². The SMILES string of the molecule is COCC(O)CCNC(=O)Cn1c(C)csc1=O. The zero-order valence-corrected chi connectivity index (χ0v) is 11.3. The summed E-state index contributed by atoms with van der Waals surface area (Å²) >= 11 is 1.08. The summed E-state index contributed by atoms with van der Waals surface area (Å²) in [5.41, 5.74) is 0.777. The first-order chi connectivity index (χ1) is 8.54. The Balaban J connectivity index is 2.32. The standard InChI is InChI=1S/C11H18N2O4S/c1-8-7-18-11(16)13(8)5-10(15)12-4-3-9(14)6-17-2/h7,9,14H,3-6H2,1-2H3,(H,12,15). The third kappa shape index (κ3) is 4.59. The maximum absolute atomic E-state index is 11.6.